The fourth-order valence-corrected chi connectivity index (χ4v) is 1.65. The van der Waals surface area contributed by atoms with E-state index in [1.165, 1.54) is 12.1 Å². The molecule has 0 heterocycles. The van der Waals surface area contributed by atoms with Crippen molar-refractivity contribution in [1.82, 2.24) is 5.43 Å². The van der Waals surface area contributed by atoms with Crippen LogP contribution in [0.4, 0.5) is 15.8 Å². The van der Waals surface area contributed by atoms with Crippen LogP contribution in [-0.2, 0) is 0 Å². The summed E-state index contributed by atoms with van der Waals surface area (Å²) in [5.41, 5.74) is 7.26. The second kappa shape index (κ2) is 6.36. The fraction of sp³-hybridized carbons (Fsp3) is 0. The summed E-state index contributed by atoms with van der Waals surface area (Å²) in [5.74, 6) is -0.288. The first kappa shape index (κ1) is 13.6. The molecule has 0 spiro atoms. The molecule has 0 aliphatic rings. The van der Waals surface area contributed by atoms with Crippen molar-refractivity contribution in [3.63, 3.8) is 0 Å². The maximum Gasteiger partial charge on any atom is 0.189 e. The van der Waals surface area contributed by atoms with Crippen molar-refractivity contribution < 1.29 is 4.39 Å². The molecule has 3 nitrogen and oxygen atoms in total. The van der Waals surface area contributed by atoms with Crippen molar-refractivity contribution in [1.29, 1.82) is 0 Å². The van der Waals surface area contributed by atoms with Crippen LogP contribution in [0.3, 0.4) is 0 Å². The molecule has 2 rings (SSSR count). The zero-order valence-corrected chi connectivity index (χ0v) is 11.4. The second-order valence-corrected chi connectivity index (χ2v) is 4.56. The average Bonchev–Trinajstić information content (AvgIpc) is 2.41. The lowest BCUT2D eigenvalue weighted by molar-refractivity contribution is 0.628. The molecule has 0 atom stereocenters. The molecule has 0 aliphatic heterocycles. The van der Waals surface area contributed by atoms with Crippen LogP contribution < -0.4 is 16.2 Å². The van der Waals surface area contributed by atoms with Crippen molar-refractivity contribution in [2.24, 2.45) is 0 Å². The molecule has 2 aromatic carbocycles. The van der Waals surface area contributed by atoms with E-state index >= 15 is 0 Å². The standard InChI is InChI=1S/C13H11ClFN3S/c14-9-1-5-12(6-2-9)17-18-13(19)16-11-7-3-10(15)4-8-11/h1-8,17H,(H2,16,18,19). The van der Waals surface area contributed by atoms with Gasteiger partial charge in [0.25, 0.3) is 0 Å². The van der Waals surface area contributed by atoms with Gasteiger partial charge in [0, 0.05) is 10.7 Å². The lowest BCUT2D eigenvalue weighted by Crippen LogP contribution is -2.33. The average molecular weight is 296 g/mol. The van der Waals surface area contributed by atoms with Gasteiger partial charge in [-0.1, -0.05) is 11.6 Å². The van der Waals surface area contributed by atoms with Crippen LogP contribution in [0.25, 0.3) is 0 Å². The van der Waals surface area contributed by atoms with E-state index in [9.17, 15) is 4.39 Å². The Morgan fingerprint density at radius 2 is 1.53 bits per heavy atom. The smallest absolute Gasteiger partial charge is 0.189 e. The van der Waals surface area contributed by atoms with Crippen molar-refractivity contribution in [3.05, 3.63) is 59.4 Å². The summed E-state index contributed by atoms with van der Waals surface area (Å²) in [4.78, 5) is 0. The van der Waals surface area contributed by atoms with E-state index in [1.807, 2.05) is 12.1 Å². The van der Waals surface area contributed by atoms with E-state index in [1.54, 1.807) is 24.3 Å². The predicted octanol–water partition coefficient (Wildman–Crippen LogP) is 3.79. The summed E-state index contributed by atoms with van der Waals surface area (Å²) in [6, 6.07) is 13.1. The molecule has 98 valence electrons. The number of halogens is 2. The van der Waals surface area contributed by atoms with Gasteiger partial charge in [0.2, 0.25) is 0 Å². The molecule has 0 aliphatic carbocycles. The van der Waals surface area contributed by atoms with E-state index in [0.29, 0.717) is 15.8 Å². The van der Waals surface area contributed by atoms with Gasteiger partial charge in [0.15, 0.2) is 5.11 Å². The quantitative estimate of drug-likeness (QED) is 0.595. The molecule has 0 bridgehead atoms. The van der Waals surface area contributed by atoms with Crippen LogP contribution in [-0.4, -0.2) is 5.11 Å². The lowest BCUT2D eigenvalue weighted by atomic mass is 10.3. The van der Waals surface area contributed by atoms with Crippen LogP contribution in [0.15, 0.2) is 48.5 Å². The highest BCUT2D eigenvalue weighted by atomic mass is 35.5. The third kappa shape index (κ3) is 4.39. The number of hydrogen-bond acceptors (Lipinski definition) is 2. The molecule has 0 saturated heterocycles. The minimum absolute atomic E-state index is 0.288. The Hall–Kier alpha value is -1.85. The molecule has 0 fully saturated rings. The zero-order chi connectivity index (χ0) is 13.7. The Bertz CT molecular complexity index is 557. The Morgan fingerprint density at radius 3 is 2.16 bits per heavy atom. The first-order valence-corrected chi connectivity index (χ1v) is 6.26. The van der Waals surface area contributed by atoms with Crippen LogP contribution in [0.2, 0.25) is 5.02 Å². The predicted molar refractivity (Wildman–Crippen MR) is 80.8 cm³/mol. The third-order valence-electron chi connectivity index (χ3n) is 2.27. The molecule has 19 heavy (non-hydrogen) atoms. The normalized spacial score (nSPS) is 9.79. The van der Waals surface area contributed by atoms with Gasteiger partial charge in [-0.3, -0.25) is 10.9 Å². The fourth-order valence-electron chi connectivity index (χ4n) is 1.36. The van der Waals surface area contributed by atoms with Gasteiger partial charge >= 0.3 is 0 Å². The molecule has 0 radical (unpaired) electrons. The Balaban J connectivity index is 1.84. The van der Waals surface area contributed by atoms with E-state index in [4.69, 9.17) is 23.8 Å². The van der Waals surface area contributed by atoms with Gasteiger partial charge in [-0.05, 0) is 60.7 Å². The van der Waals surface area contributed by atoms with E-state index in [2.05, 4.69) is 16.2 Å². The first-order valence-electron chi connectivity index (χ1n) is 5.47. The van der Waals surface area contributed by atoms with Crippen LogP contribution in [0.5, 0.6) is 0 Å². The third-order valence-corrected chi connectivity index (χ3v) is 2.72. The summed E-state index contributed by atoms with van der Waals surface area (Å²) < 4.78 is 12.7. The van der Waals surface area contributed by atoms with Gasteiger partial charge in [-0.2, -0.15) is 0 Å². The highest BCUT2D eigenvalue weighted by Crippen LogP contribution is 2.12. The minimum Gasteiger partial charge on any atom is -0.331 e. The van der Waals surface area contributed by atoms with Crippen molar-refractivity contribution in [2.75, 3.05) is 10.7 Å². The van der Waals surface area contributed by atoms with Crippen molar-refractivity contribution >= 4 is 40.3 Å². The summed E-state index contributed by atoms with van der Waals surface area (Å²) >= 11 is 10.9. The maximum atomic E-state index is 12.7. The minimum atomic E-state index is -0.288. The van der Waals surface area contributed by atoms with Crippen LogP contribution in [0, 0.1) is 5.82 Å². The first-order chi connectivity index (χ1) is 9.13. The molecule has 6 heteroatoms. The Kier molecular flexibility index (Phi) is 4.54. The van der Waals surface area contributed by atoms with Crippen LogP contribution in [0.1, 0.15) is 0 Å². The van der Waals surface area contributed by atoms with E-state index < -0.39 is 0 Å². The highest BCUT2D eigenvalue weighted by Gasteiger charge is 1.98. The molecule has 0 amide bonds. The second-order valence-electron chi connectivity index (χ2n) is 3.72. The van der Waals surface area contributed by atoms with E-state index in [0.717, 1.165) is 5.69 Å². The van der Waals surface area contributed by atoms with Crippen LogP contribution >= 0.6 is 23.8 Å². The summed E-state index contributed by atoms with van der Waals surface area (Å²) in [6.45, 7) is 0. The van der Waals surface area contributed by atoms with E-state index in [-0.39, 0.29) is 5.82 Å². The molecule has 3 N–H and O–H groups in total. The number of hydrazine groups is 1. The zero-order valence-electron chi connectivity index (χ0n) is 9.78. The Labute approximate surface area is 120 Å². The molecule has 0 saturated carbocycles. The van der Waals surface area contributed by atoms with Crippen molar-refractivity contribution in [2.45, 2.75) is 0 Å². The monoisotopic (exact) mass is 295 g/mol. The van der Waals surface area contributed by atoms with Gasteiger partial charge in [-0.15, -0.1) is 0 Å². The summed E-state index contributed by atoms with van der Waals surface area (Å²) in [6.07, 6.45) is 0. The van der Waals surface area contributed by atoms with Gasteiger partial charge < -0.3 is 5.32 Å². The SMILES string of the molecule is Fc1ccc(NC(=S)NNc2ccc(Cl)cc2)cc1. The largest absolute Gasteiger partial charge is 0.331 e. The summed E-state index contributed by atoms with van der Waals surface area (Å²) in [7, 11) is 0. The van der Waals surface area contributed by atoms with Gasteiger partial charge in [-0.25, -0.2) is 4.39 Å². The number of rotatable bonds is 3. The summed E-state index contributed by atoms with van der Waals surface area (Å²) in [5, 5.41) is 3.96. The molecular weight excluding hydrogens is 285 g/mol. The van der Waals surface area contributed by atoms with Gasteiger partial charge in [0.1, 0.15) is 5.82 Å². The number of anilines is 2. The maximum absolute atomic E-state index is 12.7. The van der Waals surface area contributed by atoms with Crippen molar-refractivity contribution in [3.8, 4) is 0 Å². The molecule has 0 aromatic heterocycles. The Morgan fingerprint density at radius 1 is 0.947 bits per heavy atom. The van der Waals surface area contributed by atoms with Gasteiger partial charge in [0.05, 0.1) is 5.69 Å². The topological polar surface area (TPSA) is 36.1 Å². The highest BCUT2D eigenvalue weighted by molar-refractivity contribution is 7.80. The lowest BCUT2D eigenvalue weighted by Gasteiger charge is -2.12. The molecule has 0 unspecified atom stereocenters. The number of hydrogen-bond donors (Lipinski definition) is 3. The molecule has 2 aromatic rings. The number of thiocarbonyl (C=S) groups is 1. The molecular formula is C13H11ClFN3S. The number of nitrogens with one attached hydrogen (secondary N) is 3. The number of benzene rings is 2.